The molecule has 0 aromatic carbocycles. The van der Waals surface area contributed by atoms with Crippen LogP contribution in [0.25, 0.3) is 0 Å². The molecule has 2 aromatic rings. The molecule has 0 saturated carbocycles. The predicted octanol–water partition coefficient (Wildman–Crippen LogP) is 3.56. The van der Waals surface area contributed by atoms with E-state index in [-0.39, 0.29) is 6.04 Å². The zero-order valence-corrected chi connectivity index (χ0v) is 12.8. The maximum atomic E-state index is 5.79. The van der Waals surface area contributed by atoms with E-state index in [1.165, 1.54) is 4.88 Å². The molecule has 2 aromatic heterocycles. The number of anilines is 1. The molecule has 2 N–H and O–H groups in total. The Labute approximate surface area is 117 Å². The summed E-state index contributed by atoms with van der Waals surface area (Å²) in [6.45, 7) is 4.15. The van der Waals surface area contributed by atoms with Gasteiger partial charge in [-0.1, -0.05) is 11.8 Å². The van der Waals surface area contributed by atoms with Crippen molar-refractivity contribution in [2.45, 2.75) is 30.8 Å². The van der Waals surface area contributed by atoms with Crippen molar-refractivity contribution in [1.82, 2.24) is 14.8 Å². The van der Waals surface area contributed by atoms with E-state index in [0.717, 1.165) is 15.4 Å². The van der Waals surface area contributed by atoms with Crippen LogP contribution in [0.15, 0.2) is 21.1 Å². The second kappa shape index (κ2) is 5.41. The number of hydrogen-bond donors (Lipinski definition) is 1. The highest BCUT2D eigenvalue weighted by atomic mass is 79.9. The van der Waals surface area contributed by atoms with Gasteiger partial charge in [0.05, 0.1) is 0 Å². The molecular weight excluding hydrogens is 320 g/mol. The van der Waals surface area contributed by atoms with Gasteiger partial charge in [0.1, 0.15) is 0 Å². The maximum Gasteiger partial charge on any atom is 0.222 e. The summed E-state index contributed by atoms with van der Waals surface area (Å²) in [5, 5.41) is 11.0. The van der Waals surface area contributed by atoms with Gasteiger partial charge in [-0.15, -0.1) is 21.5 Å². The first-order valence-corrected chi connectivity index (χ1v) is 7.80. The Balaban J connectivity index is 2.12. The molecule has 7 heteroatoms. The Kier molecular flexibility index (Phi) is 4.11. The Morgan fingerprint density at radius 2 is 2.29 bits per heavy atom. The minimum absolute atomic E-state index is 0.277. The van der Waals surface area contributed by atoms with Crippen LogP contribution in [0.4, 0.5) is 5.95 Å². The summed E-state index contributed by atoms with van der Waals surface area (Å²) < 4.78 is 3.10. The standard InChI is InChI=1S/C10H13BrN4S2/c1-6(2)15-9(12)13-14-10(15)17-5-8-7(11)3-4-16-8/h3-4,6H,5H2,1-2H3,(H2,12,13). The van der Waals surface area contributed by atoms with Crippen LogP contribution in [-0.2, 0) is 5.75 Å². The molecule has 0 unspecified atom stereocenters. The highest BCUT2D eigenvalue weighted by Gasteiger charge is 2.13. The number of aromatic nitrogens is 3. The van der Waals surface area contributed by atoms with Crippen molar-refractivity contribution >= 4 is 45.0 Å². The molecule has 4 nitrogen and oxygen atoms in total. The first-order valence-electron chi connectivity index (χ1n) is 5.14. The molecule has 0 aliphatic rings. The third-order valence-electron chi connectivity index (χ3n) is 2.23. The number of thiophene rings is 1. The van der Waals surface area contributed by atoms with Crippen LogP contribution in [0.3, 0.4) is 0 Å². The summed E-state index contributed by atoms with van der Waals surface area (Å²) >= 11 is 6.91. The molecule has 0 aliphatic carbocycles. The van der Waals surface area contributed by atoms with Gasteiger partial charge in [0.2, 0.25) is 5.95 Å². The Morgan fingerprint density at radius 1 is 1.53 bits per heavy atom. The summed E-state index contributed by atoms with van der Waals surface area (Å²) in [6, 6.07) is 2.33. The Bertz CT molecular complexity index is 506. The second-order valence-corrected chi connectivity index (χ2v) is 6.58. The minimum atomic E-state index is 0.277. The SMILES string of the molecule is CC(C)n1c(N)nnc1SCc1sccc1Br. The van der Waals surface area contributed by atoms with E-state index in [9.17, 15) is 0 Å². The van der Waals surface area contributed by atoms with E-state index in [1.54, 1.807) is 23.1 Å². The van der Waals surface area contributed by atoms with Crippen LogP contribution in [0.1, 0.15) is 24.8 Å². The summed E-state index contributed by atoms with van der Waals surface area (Å²) in [6.07, 6.45) is 0. The fraction of sp³-hybridized carbons (Fsp3) is 0.400. The topological polar surface area (TPSA) is 56.7 Å². The van der Waals surface area contributed by atoms with Gasteiger partial charge >= 0.3 is 0 Å². The largest absolute Gasteiger partial charge is 0.368 e. The van der Waals surface area contributed by atoms with E-state index in [2.05, 4.69) is 51.4 Å². The third kappa shape index (κ3) is 2.83. The smallest absolute Gasteiger partial charge is 0.222 e. The third-order valence-corrected chi connectivity index (χ3v) is 5.31. The average Bonchev–Trinajstić information content (AvgIpc) is 2.82. The summed E-state index contributed by atoms with van der Waals surface area (Å²) in [5.41, 5.74) is 5.79. The molecule has 0 atom stereocenters. The molecule has 17 heavy (non-hydrogen) atoms. The van der Waals surface area contributed by atoms with E-state index in [1.807, 2.05) is 4.57 Å². The maximum absolute atomic E-state index is 5.79. The zero-order chi connectivity index (χ0) is 12.4. The van der Waals surface area contributed by atoms with Crippen molar-refractivity contribution < 1.29 is 0 Å². The first kappa shape index (κ1) is 12.9. The van der Waals surface area contributed by atoms with E-state index < -0.39 is 0 Å². The van der Waals surface area contributed by atoms with Crippen molar-refractivity contribution in [3.05, 3.63) is 20.8 Å². The van der Waals surface area contributed by atoms with Gasteiger partial charge in [-0.3, -0.25) is 4.57 Å². The molecule has 0 bridgehead atoms. The number of nitrogen functional groups attached to an aromatic ring is 1. The van der Waals surface area contributed by atoms with Crippen molar-refractivity contribution in [2.24, 2.45) is 0 Å². The number of halogens is 1. The lowest BCUT2D eigenvalue weighted by Gasteiger charge is -2.10. The first-order chi connectivity index (χ1) is 8.09. The fourth-order valence-electron chi connectivity index (χ4n) is 1.43. The van der Waals surface area contributed by atoms with Gasteiger partial charge in [0, 0.05) is 21.1 Å². The number of hydrogen-bond acceptors (Lipinski definition) is 5. The van der Waals surface area contributed by atoms with Crippen LogP contribution in [-0.4, -0.2) is 14.8 Å². The van der Waals surface area contributed by atoms with Crippen molar-refractivity contribution in [3.63, 3.8) is 0 Å². The van der Waals surface area contributed by atoms with Gasteiger partial charge in [0.25, 0.3) is 0 Å². The molecule has 2 rings (SSSR count). The lowest BCUT2D eigenvalue weighted by molar-refractivity contribution is 0.557. The average molecular weight is 333 g/mol. The van der Waals surface area contributed by atoms with Crippen LogP contribution in [0.5, 0.6) is 0 Å². The van der Waals surface area contributed by atoms with Gasteiger partial charge in [0.15, 0.2) is 5.16 Å². The van der Waals surface area contributed by atoms with Crippen LogP contribution in [0, 0.1) is 0 Å². The van der Waals surface area contributed by atoms with Gasteiger partial charge in [-0.05, 0) is 41.2 Å². The number of thioether (sulfide) groups is 1. The van der Waals surface area contributed by atoms with Crippen molar-refractivity contribution in [1.29, 1.82) is 0 Å². The minimum Gasteiger partial charge on any atom is -0.368 e. The quantitative estimate of drug-likeness (QED) is 0.869. The van der Waals surface area contributed by atoms with Crippen LogP contribution >= 0.6 is 39.0 Å². The molecule has 92 valence electrons. The molecule has 0 amide bonds. The number of nitrogens with zero attached hydrogens (tertiary/aromatic N) is 3. The van der Waals surface area contributed by atoms with Gasteiger partial charge < -0.3 is 5.73 Å². The summed E-state index contributed by atoms with van der Waals surface area (Å²) in [7, 11) is 0. The molecule has 0 radical (unpaired) electrons. The molecule has 0 saturated heterocycles. The van der Waals surface area contributed by atoms with E-state index >= 15 is 0 Å². The lowest BCUT2D eigenvalue weighted by Crippen LogP contribution is -2.06. The van der Waals surface area contributed by atoms with Gasteiger partial charge in [-0.2, -0.15) is 0 Å². The van der Waals surface area contributed by atoms with Crippen LogP contribution in [0.2, 0.25) is 0 Å². The highest BCUT2D eigenvalue weighted by Crippen LogP contribution is 2.31. The molecule has 0 spiro atoms. The lowest BCUT2D eigenvalue weighted by atomic mass is 10.4. The Hall–Kier alpha value is -0.530. The molecule has 2 heterocycles. The van der Waals surface area contributed by atoms with Crippen molar-refractivity contribution in [2.75, 3.05) is 5.73 Å². The summed E-state index contributed by atoms with van der Waals surface area (Å²) in [4.78, 5) is 1.30. The molecular formula is C10H13BrN4S2. The highest BCUT2D eigenvalue weighted by molar-refractivity contribution is 9.10. The normalized spacial score (nSPS) is 11.3. The monoisotopic (exact) mass is 332 g/mol. The van der Waals surface area contributed by atoms with E-state index in [4.69, 9.17) is 5.73 Å². The fourth-order valence-corrected chi connectivity index (χ4v) is 4.30. The predicted molar refractivity (Wildman–Crippen MR) is 76.4 cm³/mol. The van der Waals surface area contributed by atoms with E-state index in [0.29, 0.717) is 5.95 Å². The second-order valence-electron chi connectivity index (χ2n) is 3.78. The van der Waals surface area contributed by atoms with Crippen molar-refractivity contribution in [3.8, 4) is 0 Å². The Morgan fingerprint density at radius 3 is 2.88 bits per heavy atom. The zero-order valence-electron chi connectivity index (χ0n) is 9.55. The molecule has 0 aliphatic heterocycles. The number of rotatable bonds is 4. The molecule has 0 fully saturated rings. The van der Waals surface area contributed by atoms with Gasteiger partial charge in [-0.25, -0.2) is 0 Å². The van der Waals surface area contributed by atoms with Crippen LogP contribution < -0.4 is 5.73 Å². The summed E-state index contributed by atoms with van der Waals surface area (Å²) in [5.74, 6) is 1.36. The number of nitrogens with two attached hydrogens (primary N) is 1.